The first kappa shape index (κ1) is 10.0. The molecule has 0 atom stereocenters. The normalized spacial score (nSPS) is 11.5. The van der Waals surface area contributed by atoms with Gasteiger partial charge in [-0.15, -0.1) is 0 Å². The highest BCUT2D eigenvalue weighted by molar-refractivity contribution is 6.34. The van der Waals surface area contributed by atoms with Gasteiger partial charge in [0.2, 0.25) is 0 Å². The Morgan fingerprint density at radius 1 is 1.54 bits per heavy atom. The Bertz CT molecular complexity index is 334. The second-order valence-electron chi connectivity index (χ2n) is 2.65. The van der Waals surface area contributed by atoms with Crippen LogP contribution in [0.3, 0.4) is 0 Å². The summed E-state index contributed by atoms with van der Waals surface area (Å²) in [4.78, 5) is 3.97. The summed E-state index contributed by atoms with van der Waals surface area (Å²) in [5, 5.41) is 0.682. The number of nitrogens with zero attached hydrogens (tertiary/aromatic N) is 1. The Labute approximate surface area is 82.6 Å². The first-order valence-electron chi connectivity index (χ1n) is 3.89. The fourth-order valence-electron chi connectivity index (χ4n) is 1.09. The van der Waals surface area contributed by atoms with Gasteiger partial charge in [0.15, 0.2) is 0 Å². The molecule has 3 nitrogen and oxygen atoms in total. The first-order valence-corrected chi connectivity index (χ1v) is 4.27. The second-order valence-corrected chi connectivity index (χ2v) is 3.03. The third-order valence-electron chi connectivity index (χ3n) is 1.81. The molecule has 70 valence electrons. The van der Waals surface area contributed by atoms with Gasteiger partial charge in [0.25, 0.3) is 0 Å². The number of benzene rings is 1. The van der Waals surface area contributed by atoms with Crippen LogP contribution in [-0.4, -0.2) is 12.9 Å². The molecule has 1 rings (SSSR count). The van der Waals surface area contributed by atoms with E-state index >= 15 is 0 Å². The topological polar surface area (TPSA) is 50.4 Å². The van der Waals surface area contributed by atoms with Crippen molar-refractivity contribution in [1.82, 2.24) is 5.43 Å². The van der Waals surface area contributed by atoms with Gasteiger partial charge in [0.05, 0.1) is 5.02 Å². The highest BCUT2D eigenvalue weighted by Gasteiger charge is 2.06. The van der Waals surface area contributed by atoms with Gasteiger partial charge in [0.1, 0.15) is 5.84 Å². The molecule has 4 heteroatoms. The number of nitrogens with two attached hydrogens (primary N) is 1. The van der Waals surface area contributed by atoms with Crippen LogP contribution in [0.25, 0.3) is 0 Å². The van der Waals surface area contributed by atoms with Gasteiger partial charge in [0, 0.05) is 12.6 Å². The van der Waals surface area contributed by atoms with Crippen LogP contribution in [0, 0.1) is 6.92 Å². The third-order valence-corrected chi connectivity index (χ3v) is 2.31. The molecule has 0 unspecified atom stereocenters. The molecule has 0 saturated carbocycles. The molecule has 1 aromatic rings. The fourth-order valence-corrected chi connectivity index (χ4v) is 1.31. The number of amidine groups is 1. The summed E-state index contributed by atoms with van der Waals surface area (Å²) in [5.41, 5.74) is 4.34. The number of aliphatic imine (C=N–C) groups is 1. The molecular formula is C9H12ClN3. The average Bonchev–Trinajstić information content (AvgIpc) is 2.14. The summed E-state index contributed by atoms with van der Waals surface area (Å²) in [6.45, 7) is 1.94. The Balaban J connectivity index is 3.22. The molecule has 0 fully saturated rings. The third kappa shape index (κ3) is 1.99. The molecule has 1 aromatic carbocycles. The second kappa shape index (κ2) is 4.25. The number of rotatable bonds is 1. The van der Waals surface area contributed by atoms with Crippen LogP contribution in [0.5, 0.6) is 0 Å². The average molecular weight is 198 g/mol. The van der Waals surface area contributed by atoms with Crippen molar-refractivity contribution in [2.45, 2.75) is 6.92 Å². The quantitative estimate of drug-likeness (QED) is 0.310. The summed E-state index contributed by atoms with van der Waals surface area (Å²) in [6, 6.07) is 5.73. The van der Waals surface area contributed by atoms with Crippen LogP contribution >= 0.6 is 11.6 Å². The summed E-state index contributed by atoms with van der Waals surface area (Å²) in [5.74, 6) is 5.89. The lowest BCUT2D eigenvalue weighted by atomic mass is 10.1. The monoisotopic (exact) mass is 197 g/mol. The number of aryl methyl sites for hydroxylation is 1. The lowest BCUT2D eigenvalue weighted by Crippen LogP contribution is -2.31. The Morgan fingerprint density at radius 2 is 2.23 bits per heavy atom. The standard InChI is InChI=1S/C9H12ClN3/c1-6-4-3-5-7(8(6)10)9(12-2)13-11/h3-5H,11H2,1-2H3,(H,12,13). The van der Waals surface area contributed by atoms with Crippen LogP contribution in [0.2, 0.25) is 5.02 Å². The SMILES string of the molecule is CN=C(NN)c1cccc(C)c1Cl. The number of hydrogen-bond acceptors (Lipinski definition) is 2. The molecule has 0 aliphatic rings. The van der Waals surface area contributed by atoms with Crippen LogP contribution < -0.4 is 11.3 Å². The van der Waals surface area contributed by atoms with E-state index in [1.807, 2.05) is 25.1 Å². The zero-order valence-electron chi connectivity index (χ0n) is 7.63. The maximum absolute atomic E-state index is 6.07. The van der Waals surface area contributed by atoms with E-state index in [1.54, 1.807) is 7.05 Å². The van der Waals surface area contributed by atoms with Crippen molar-refractivity contribution in [2.24, 2.45) is 10.8 Å². The van der Waals surface area contributed by atoms with E-state index in [4.69, 9.17) is 17.4 Å². The molecule has 3 N–H and O–H groups in total. The summed E-state index contributed by atoms with van der Waals surface area (Å²) >= 11 is 6.07. The molecular weight excluding hydrogens is 186 g/mol. The molecule has 0 spiro atoms. The summed E-state index contributed by atoms with van der Waals surface area (Å²) < 4.78 is 0. The van der Waals surface area contributed by atoms with E-state index in [0.717, 1.165) is 11.1 Å². The van der Waals surface area contributed by atoms with Crippen LogP contribution in [0.15, 0.2) is 23.2 Å². The van der Waals surface area contributed by atoms with Crippen molar-refractivity contribution in [3.05, 3.63) is 34.3 Å². The maximum Gasteiger partial charge on any atom is 0.143 e. The Kier molecular flexibility index (Phi) is 3.28. The van der Waals surface area contributed by atoms with Crippen molar-refractivity contribution < 1.29 is 0 Å². The Morgan fingerprint density at radius 3 is 2.77 bits per heavy atom. The van der Waals surface area contributed by atoms with Crippen LogP contribution in [0.4, 0.5) is 0 Å². The minimum atomic E-state index is 0.591. The molecule has 0 aromatic heterocycles. The van der Waals surface area contributed by atoms with E-state index < -0.39 is 0 Å². The van der Waals surface area contributed by atoms with E-state index in [9.17, 15) is 0 Å². The zero-order valence-corrected chi connectivity index (χ0v) is 8.39. The number of halogens is 1. The van der Waals surface area contributed by atoms with E-state index in [0.29, 0.717) is 10.9 Å². The molecule has 0 aliphatic carbocycles. The van der Waals surface area contributed by atoms with E-state index in [2.05, 4.69) is 10.4 Å². The van der Waals surface area contributed by atoms with Gasteiger partial charge in [-0.1, -0.05) is 23.7 Å². The molecule has 13 heavy (non-hydrogen) atoms. The van der Waals surface area contributed by atoms with Crippen molar-refractivity contribution in [3.8, 4) is 0 Å². The molecule has 0 heterocycles. The zero-order chi connectivity index (χ0) is 9.84. The smallest absolute Gasteiger partial charge is 0.143 e. The highest BCUT2D eigenvalue weighted by atomic mass is 35.5. The van der Waals surface area contributed by atoms with Crippen molar-refractivity contribution >= 4 is 17.4 Å². The number of nitrogens with one attached hydrogen (secondary N) is 1. The molecule has 0 saturated heterocycles. The lowest BCUT2D eigenvalue weighted by molar-refractivity contribution is 1.02. The van der Waals surface area contributed by atoms with Gasteiger partial charge >= 0.3 is 0 Å². The fraction of sp³-hybridized carbons (Fsp3) is 0.222. The molecule has 0 bridgehead atoms. The molecule has 0 amide bonds. The van der Waals surface area contributed by atoms with Crippen molar-refractivity contribution in [2.75, 3.05) is 7.05 Å². The maximum atomic E-state index is 6.07. The van der Waals surface area contributed by atoms with Gasteiger partial charge in [-0.3, -0.25) is 4.99 Å². The molecule has 0 aliphatic heterocycles. The van der Waals surface area contributed by atoms with Gasteiger partial charge < -0.3 is 5.43 Å². The van der Waals surface area contributed by atoms with Crippen LogP contribution in [-0.2, 0) is 0 Å². The van der Waals surface area contributed by atoms with Crippen molar-refractivity contribution in [3.63, 3.8) is 0 Å². The van der Waals surface area contributed by atoms with E-state index in [-0.39, 0.29) is 0 Å². The number of hydrogen-bond donors (Lipinski definition) is 2. The minimum Gasteiger partial charge on any atom is -0.308 e. The predicted octanol–water partition coefficient (Wildman–Crippen LogP) is 1.49. The summed E-state index contributed by atoms with van der Waals surface area (Å²) in [6.07, 6.45) is 0. The van der Waals surface area contributed by atoms with Gasteiger partial charge in [-0.05, 0) is 18.6 Å². The van der Waals surface area contributed by atoms with Crippen molar-refractivity contribution in [1.29, 1.82) is 0 Å². The predicted molar refractivity (Wildman–Crippen MR) is 56.0 cm³/mol. The molecule has 0 radical (unpaired) electrons. The summed E-state index contributed by atoms with van der Waals surface area (Å²) in [7, 11) is 1.66. The number of hydrazine groups is 1. The minimum absolute atomic E-state index is 0.591. The van der Waals surface area contributed by atoms with Gasteiger partial charge in [-0.2, -0.15) is 0 Å². The van der Waals surface area contributed by atoms with E-state index in [1.165, 1.54) is 0 Å². The largest absolute Gasteiger partial charge is 0.308 e. The highest BCUT2D eigenvalue weighted by Crippen LogP contribution is 2.19. The van der Waals surface area contributed by atoms with Crippen LogP contribution in [0.1, 0.15) is 11.1 Å². The van der Waals surface area contributed by atoms with Gasteiger partial charge in [-0.25, -0.2) is 5.84 Å². The lowest BCUT2D eigenvalue weighted by Gasteiger charge is -2.08. The Hall–Kier alpha value is -1.06. The first-order chi connectivity index (χ1) is 6.20.